The van der Waals surface area contributed by atoms with Crippen molar-refractivity contribution in [3.05, 3.63) is 53.6 Å². The summed E-state index contributed by atoms with van der Waals surface area (Å²) in [5, 5.41) is 2.71. The first-order chi connectivity index (χ1) is 11.2. The van der Waals surface area contributed by atoms with E-state index in [1.165, 1.54) is 18.2 Å². The van der Waals surface area contributed by atoms with Crippen LogP contribution >= 0.6 is 0 Å². The van der Waals surface area contributed by atoms with Crippen LogP contribution in [0.25, 0.3) is 0 Å². The molecule has 2 aromatic carbocycles. The van der Waals surface area contributed by atoms with Crippen molar-refractivity contribution in [1.29, 1.82) is 0 Å². The van der Waals surface area contributed by atoms with E-state index in [1.54, 1.807) is 31.2 Å². The number of anilines is 1. The third kappa shape index (κ3) is 4.56. The minimum atomic E-state index is -4.26. The number of benzene rings is 2. The highest BCUT2D eigenvalue weighted by Gasteiger charge is 2.13. The first-order valence-corrected chi connectivity index (χ1v) is 8.77. The Hall–Kier alpha value is -2.38. The van der Waals surface area contributed by atoms with E-state index < -0.39 is 10.1 Å². The number of hydrogen-bond donors (Lipinski definition) is 2. The van der Waals surface area contributed by atoms with Crippen LogP contribution in [-0.2, 0) is 10.1 Å². The van der Waals surface area contributed by atoms with Gasteiger partial charge in [-0.25, -0.2) is 0 Å². The van der Waals surface area contributed by atoms with Crippen LogP contribution in [0, 0.1) is 6.92 Å². The SMILES string of the molecule is Cc1cc(S(=O)(=O)O)ccc1NC(=O)c1ccc(OC(C)C)cc1. The fraction of sp³-hybridized carbons (Fsp3) is 0.235. The molecule has 0 fully saturated rings. The molecule has 2 aromatic rings. The van der Waals surface area contributed by atoms with Gasteiger partial charge in [-0.1, -0.05) is 0 Å². The smallest absolute Gasteiger partial charge is 0.294 e. The van der Waals surface area contributed by atoms with Gasteiger partial charge in [0.2, 0.25) is 0 Å². The molecule has 0 heterocycles. The monoisotopic (exact) mass is 349 g/mol. The van der Waals surface area contributed by atoms with Gasteiger partial charge in [0, 0.05) is 11.3 Å². The maximum Gasteiger partial charge on any atom is 0.294 e. The fourth-order valence-electron chi connectivity index (χ4n) is 2.09. The lowest BCUT2D eigenvalue weighted by Crippen LogP contribution is -2.13. The van der Waals surface area contributed by atoms with E-state index in [-0.39, 0.29) is 16.9 Å². The van der Waals surface area contributed by atoms with Crippen LogP contribution < -0.4 is 10.1 Å². The predicted octanol–water partition coefficient (Wildman–Crippen LogP) is 3.28. The Morgan fingerprint density at radius 1 is 1.12 bits per heavy atom. The molecular weight excluding hydrogens is 330 g/mol. The largest absolute Gasteiger partial charge is 0.491 e. The molecule has 7 heteroatoms. The molecule has 128 valence electrons. The molecule has 0 bridgehead atoms. The van der Waals surface area contributed by atoms with Gasteiger partial charge in [-0.05, 0) is 68.8 Å². The lowest BCUT2D eigenvalue weighted by Gasteiger charge is -2.11. The number of amides is 1. The Balaban J connectivity index is 2.15. The molecule has 2 rings (SSSR count). The lowest BCUT2D eigenvalue weighted by atomic mass is 10.1. The Morgan fingerprint density at radius 3 is 2.25 bits per heavy atom. The molecule has 0 aliphatic carbocycles. The Kier molecular flexibility index (Phi) is 5.26. The van der Waals surface area contributed by atoms with E-state index in [0.717, 1.165) is 0 Å². The van der Waals surface area contributed by atoms with Gasteiger partial charge in [0.15, 0.2) is 0 Å². The Bertz CT molecular complexity index is 842. The van der Waals surface area contributed by atoms with Gasteiger partial charge in [-0.3, -0.25) is 9.35 Å². The van der Waals surface area contributed by atoms with E-state index in [2.05, 4.69) is 5.32 Å². The molecule has 0 saturated heterocycles. The zero-order valence-electron chi connectivity index (χ0n) is 13.6. The number of rotatable bonds is 5. The third-order valence-corrected chi connectivity index (χ3v) is 4.08. The van der Waals surface area contributed by atoms with Gasteiger partial charge < -0.3 is 10.1 Å². The van der Waals surface area contributed by atoms with Gasteiger partial charge in [-0.2, -0.15) is 8.42 Å². The highest BCUT2D eigenvalue weighted by molar-refractivity contribution is 7.85. The summed E-state index contributed by atoms with van der Waals surface area (Å²) >= 11 is 0. The molecule has 0 aliphatic rings. The van der Waals surface area contributed by atoms with Crippen LogP contribution in [0.2, 0.25) is 0 Å². The van der Waals surface area contributed by atoms with Crippen LogP contribution in [0.5, 0.6) is 5.75 Å². The van der Waals surface area contributed by atoms with Crippen molar-refractivity contribution in [1.82, 2.24) is 0 Å². The first-order valence-electron chi connectivity index (χ1n) is 7.33. The lowest BCUT2D eigenvalue weighted by molar-refractivity contribution is 0.102. The number of hydrogen-bond acceptors (Lipinski definition) is 4. The highest BCUT2D eigenvalue weighted by Crippen LogP contribution is 2.21. The van der Waals surface area contributed by atoms with Crippen LogP contribution in [0.15, 0.2) is 47.4 Å². The van der Waals surface area contributed by atoms with E-state index in [9.17, 15) is 13.2 Å². The summed E-state index contributed by atoms with van der Waals surface area (Å²) in [6, 6.07) is 10.7. The molecule has 0 spiro atoms. The standard InChI is InChI=1S/C17H19NO5S/c1-11(2)23-14-6-4-13(5-7-14)17(19)18-16-9-8-15(10-12(16)3)24(20,21)22/h4-11H,1-3H3,(H,18,19)(H,20,21,22). The summed E-state index contributed by atoms with van der Waals surface area (Å²) in [7, 11) is -4.26. The summed E-state index contributed by atoms with van der Waals surface area (Å²) < 4.78 is 36.8. The molecule has 0 unspecified atom stereocenters. The summed E-state index contributed by atoms with van der Waals surface area (Å²) in [4.78, 5) is 12.0. The average Bonchev–Trinajstić information content (AvgIpc) is 2.48. The van der Waals surface area contributed by atoms with Gasteiger partial charge in [0.05, 0.1) is 11.0 Å². The van der Waals surface area contributed by atoms with E-state index >= 15 is 0 Å². The van der Waals surface area contributed by atoms with Crippen molar-refractivity contribution in [3.63, 3.8) is 0 Å². The minimum Gasteiger partial charge on any atom is -0.491 e. The Labute approximate surface area is 141 Å². The fourth-order valence-corrected chi connectivity index (χ4v) is 2.65. The summed E-state index contributed by atoms with van der Waals surface area (Å²) in [6.45, 7) is 5.48. The second-order valence-corrected chi connectivity index (χ2v) is 7.02. The summed E-state index contributed by atoms with van der Waals surface area (Å²) in [5.41, 5.74) is 1.44. The minimum absolute atomic E-state index is 0.0497. The van der Waals surface area contributed by atoms with Crippen LogP contribution in [0.3, 0.4) is 0 Å². The van der Waals surface area contributed by atoms with Gasteiger partial charge in [-0.15, -0.1) is 0 Å². The van der Waals surface area contributed by atoms with E-state index in [4.69, 9.17) is 9.29 Å². The molecule has 0 atom stereocenters. The maximum atomic E-state index is 12.3. The number of carbonyl (C=O) groups is 1. The van der Waals surface area contributed by atoms with Gasteiger partial charge in [0.25, 0.3) is 16.0 Å². The Morgan fingerprint density at radius 2 is 1.75 bits per heavy atom. The molecule has 1 amide bonds. The number of aryl methyl sites for hydroxylation is 1. The topological polar surface area (TPSA) is 92.7 Å². The van der Waals surface area contributed by atoms with Crippen molar-refractivity contribution in [2.24, 2.45) is 0 Å². The second kappa shape index (κ2) is 7.02. The molecule has 0 radical (unpaired) electrons. The molecule has 24 heavy (non-hydrogen) atoms. The van der Waals surface area contributed by atoms with Gasteiger partial charge in [0.1, 0.15) is 5.75 Å². The average molecular weight is 349 g/mol. The van der Waals surface area contributed by atoms with Crippen molar-refractivity contribution in [3.8, 4) is 5.75 Å². The highest BCUT2D eigenvalue weighted by atomic mass is 32.2. The number of nitrogens with one attached hydrogen (secondary N) is 1. The van der Waals surface area contributed by atoms with Crippen LogP contribution in [-0.4, -0.2) is 25.0 Å². The molecular formula is C17H19NO5S. The molecule has 0 aliphatic heterocycles. The zero-order valence-corrected chi connectivity index (χ0v) is 14.4. The van der Waals surface area contributed by atoms with Gasteiger partial charge >= 0.3 is 0 Å². The summed E-state index contributed by atoms with van der Waals surface area (Å²) in [5.74, 6) is 0.351. The van der Waals surface area contributed by atoms with E-state index in [1.807, 2.05) is 13.8 Å². The molecule has 0 saturated carbocycles. The second-order valence-electron chi connectivity index (χ2n) is 5.60. The quantitative estimate of drug-likeness (QED) is 0.808. The zero-order chi connectivity index (χ0) is 17.9. The number of ether oxygens (including phenoxy) is 1. The molecule has 0 aromatic heterocycles. The maximum absolute atomic E-state index is 12.3. The van der Waals surface area contributed by atoms with E-state index in [0.29, 0.717) is 22.6 Å². The molecule has 6 nitrogen and oxygen atoms in total. The van der Waals surface area contributed by atoms with Crippen molar-refractivity contribution in [2.75, 3.05) is 5.32 Å². The van der Waals surface area contributed by atoms with Crippen LogP contribution in [0.1, 0.15) is 29.8 Å². The first kappa shape index (κ1) is 18.0. The van der Waals surface area contributed by atoms with Crippen molar-refractivity contribution >= 4 is 21.7 Å². The predicted molar refractivity (Wildman–Crippen MR) is 91.2 cm³/mol. The van der Waals surface area contributed by atoms with Crippen molar-refractivity contribution < 1.29 is 22.5 Å². The van der Waals surface area contributed by atoms with Crippen molar-refractivity contribution in [2.45, 2.75) is 31.8 Å². The molecule has 2 N–H and O–H groups in total. The van der Waals surface area contributed by atoms with Crippen LogP contribution in [0.4, 0.5) is 5.69 Å². The third-order valence-electron chi connectivity index (χ3n) is 3.23. The number of carbonyl (C=O) groups excluding carboxylic acids is 1. The summed E-state index contributed by atoms with van der Waals surface area (Å²) in [6.07, 6.45) is 0.0497. The normalized spacial score (nSPS) is 11.4.